The van der Waals surface area contributed by atoms with Gasteiger partial charge in [0.05, 0.1) is 19.8 Å². The molecule has 0 spiro atoms. The van der Waals surface area contributed by atoms with Gasteiger partial charge >= 0.3 is 0 Å². The molecule has 1 aliphatic heterocycles. The molecule has 6 nitrogen and oxygen atoms in total. The summed E-state index contributed by atoms with van der Waals surface area (Å²) in [4.78, 5) is 16.8. The van der Waals surface area contributed by atoms with E-state index >= 15 is 0 Å². The topological polar surface area (TPSA) is 68.0 Å². The molecule has 0 unspecified atom stereocenters. The van der Waals surface area contributed by atoms with E-state index < -0.39 is 0 Å². The lowest BCUT2D eigenvalue weighted by molar-refractivity contribution is 0.0660. The molecule has 1 fully saturated rings. The predicted molar refractivity (Wildman–Crippen MR) is 86.6 cm³/mol. The summed E-state index contributed by atoms with van der Waals surface area (Å²) >= 11 is 0. The Morgan fingerprint density at radius 1 is 1.23 bits per heavy atom. The van der Waals surface area contributed by atoms with Gasteiger partial charge in [-0.25, -0.2) is 0 Å². The lowest BCUT2D eigenvalue weighted by atomic mass is 10.0. The van der Waals surface area contributed by atoms with Crippen molar-refractivity contribution in [1.29, 1.82) is 0 Å². The smallest absolute Gasteiger partial charge is 0.256 e. The van der Waals surface area contributed by atoms with Crippen LogP contribution in [-0.2, 0) is 0 Å². The SMILES string of the molecule is COc1cc(N)c(C(=O)N(C)C2CCN(C)CC2)cc1OC. The molecule has 1 aromatic rings. The number of piperidine rings is 1. The first-order chi connectivity index (χ1) is 10.5. The number of ether oxygens (including phenoxy) is 2. The summed E-state index contributed by atoms with van der Waals surface area (Å²) in [7, 11) is 7.03. The van der Waals surface area contributed by atoms with Crippen LogP contribution in [0.15, 0.2) is 12.1 Å². The van der Waals surface area contributed by atoms with Gasteiger partial charge < -0.3 is 25.0 Å². The van der Waals surface area contributed by atoms with Crippen LogP contribution in [-0.4, -0.2) is 63.2 Å². The molecule has 2 N–H and O–H groups in total. The van der Waals surface area contributed by atoms with Gasteiger partial charge in [0, 0.05) is 24.8 Å². The first-order valence-corrected chi connectivity index (χ1v) is 7.45. The molecule has 0 atom stereocenters. The molecule has 0 radical (unpaired) electrons. The number of nitrogen functional groups attached to an aromatic ring is 1. The van der Waals surface area contributed by atoms with Crippen molar-refractivity contribution in [1.82, 2.24) is 9.80 Å². The zero-order chi connectivity index (χ0) is 16.3. The third-order valence-electron chi connectivity index (χ3n) is 4.34. The maximum absolute atomic E-state index is 12.8. The van der Waals surface area contributed by atoms with E-state index in [1.165, 1.54) is 0 Å². The van der Waals surface area contributed by atoms with E-state index in [1.807, 2.05) is 7.05 Å². The molecule has 0 aliphatic carbocycles. The van der Waals surface area contributed by atoms with Crippen molar-refractivity contribution in [2.75, 3.05) is 47.1 Å². The van der Waals surface area contributed by atoms with Crippen LogP contribution in [0.5, 0.6) is 11.5 Å². The van der Waals surface area contributed by atoms with Crippen molar-refractivity contribution in [3.8, 4) is 11.5 Å². The summed E-state index contributed by atoms with van der Waals surface area (Å²) < 4.78 is 10.5. The van der Waals surface area contributed by atoms with Crippen molar-refractivity contribution >= 4 is 11.6 Å². The van der Waals surface area contributed by atoms with Crippen LogP contribution in [0.4, 0.5) is 5.69 Å². The Labute approximate surface area is 131 Å². The third kappa shape index (κ3) is 3.27. The van der Waals surface area contributed by atoms with Crippen LogP contribution in [0.25, 0.3) is 0 Å². The minimum absolute atomic E-state index is 0.0759. The minimum Gasteiger partial charge on any atom is -0.493 e. The van der Waals surface area contributed by atoms with Crippen molar-refractivity contribution in [2.24, 2.45) is 0 Å². The summed E-state index contributed by atoms with van der Waals surface area (Å²) in [6.45, 7) is 2.01. The number of nitrogens with zero attached hydrogens (tertiary/aromatic N) is 2. The van der Waals surface area contributed by atoms with Gasteiger partial charge in [-0.3, -0.25) is 4.79 Å². The maximum atomic E-state index is 12.8. The third-order valence-corrected chi connectivity index (χ3v) is 4.34. The van der Waals surface area contributed by atoms with Crippen molar-refractivity contribution in [3.05, 3.63) is 17.7 Å². The highest BCUT2D eigenvalue weighted by Gasteiger charge is 2.26. The second-order valence-corrected chi connectivity index (χ2v) is 5.74. The lowest BCUT2D eigenvalue weighted by Crippen LogP contribution is -2.44. The first kappa shape index (κ1) is 16.4. The molecule has 1 saturated heterocycles. The van der Waals surface area contributed by atoms with E-state index in [0.717, 1.165) is 25.9 Å². The van der Waals surface area contributed by atoms with Crippen molar-refractivity contribution in [3.63, 3.8) is 0 Å². The summed E-state index contributed by atoms with van der Waals surface area (Å²) in [6.07, 6.45) is 1.96. The quantitative estimate of drug-likeness (QED) is 0.853. The Balaban J connectivity index is 2.21. The van der Waals surface area contributed by atoms with E-state index in [2.05, 4.69) is 11.9 Å². The van der Waals surface area contributed by atoms with Gasteiger partial charge in [0.1, 0.15) is 0 Å². The van der Waals surface area contributed by atoms with Crippen LogP contribution in [0.1, 0.15) is 23.2 Å². The van der Waals surface area contributed by atoms with Gasteiger partial charge in [0.25, 0.3) is 5.91 Å². The standard InChI is InChI=1S/C16H25N3O3/c1-18-7-5-11(6-8-18)19(2)16(20)12-9-14(21-3)15(22-4)10-13(12)17/h9-11H,5-8,17H2,1-4H3. The minimum atomic E-state index is -0.0759. The highest BCUT2D eigenvalue weighted by molar-refractivity contribution is 6.00. The molecular weight excluding hydrogens is 282 g/mol. The van der Waals surface area contributed by atoms with Crippen LogP contribution in [0.2, 0.25) is 0 Å². The van der Waals surface area contributed by atoms with Gasteiger partial charge in [-0.05, 0) is 39.0 Å². The normalized spacial score (nSPS) is 16.4. The Morgan fingerprint density at radius 3 is 2.32 bits per heavy atom. The zero-order valence-electron chi connectivity index (χ0n) is 13.8. The number of methoxy groups -OCH3 is 2. The molecule has 1 heterocycles. The van der Waals surface area contributed by atoms with Gasteiger partial charge in [-0.1, -0.05) is 0 Å². The van der Waals surface area contributed by atoms with Crippen molar-refractivity contribution in [2.45, 2.75) is 18.9 Å². The van der Waals surface area contributed by atoms with Crippen LogP contribution in [0, 0.1) is 0 Å². The number of hydrogen-bond acceptors (Lipinski definition) is 5. The van der Waals surface area contributed by atoms with Crippen LogP contribution in [0.3, 0.4) is 0 Å². The fourth-order valence-corrected chi connectivity index (χ4v) is 2.82. The lowest BCUT2D eigenvalue weighted by Gasteiger charge is -2.35. The Morgan fingerprint density at radius 2 is 1.77 bits per heavy atom. The van der Waals surface area contributed by atoms with E-state index in [4.69, 9.17) is 15.2 Å². The van der Waals surface area contributed by atoms with E-state index in [0.29, 0.717) is 22.7 Å². The average Bonchev–Trinajstić information content (AvgIpc) is 2.53. The maximum Gasteiger partial charge on any atom is 0.256 e. The molecular formula is C16H25N3O3. The summed E-state index contributed by atoms with van der Waals surface area (Å²) in [6, 6.07) is 3.53. The highest BCUT2D eigenvalue weighted by Crippen LogP contribution is 2.32. The molecule has 1 aromatic carbocycles. The molecule has 2 rings (SSSR count). The number of anilines is 1. The van der Waals surface area contributed by atoms with Crippen LogP contribution >= 0.6 is 0 Å². The van der Waals surface area contributed by atoms with E-state index in [9.17, 15) is 4.79 Å². The summed E-state index contributed by atoms with van der Waals surface area (Å²) in [5.41, 5.74) is 6.88. The second-order valence-electron chi connectivity index (χ2n) is 5.74. The fourth-order valence-electron chi connectivity index (χ4n) is 2.82. The summed E-state index contributed by atoms with van der Waals surface area (Å²) in [5.74, 6) is 0.961. The van der Waals surface area contributed by atoms with Crippen molar-refractivity contribution < 1.29 is 14.3 Å². The van der Waals surface area contributed by atoms with Gasteiger partial charge in [0.15, 0.2) is 11.5 Å². The Bertz CT molecular complexity index is 540. The summed E-state index contributed by atoms with van der Waals surface area (Å²) in [5, 5.41) is 0. The van der Waals surface area contributed by atoms with Crippen LogP contribution < -0.4 is 15.2 Å². The van der Waals surface area contributed by atoms with Gasteiger partial charge in [-0.15, -0.1) is 0 Å². The first-order valence-electron chi connectivity index (χ1n) is 7.45. The second kappa shape index (κ2) is 6.87. The average molecular weight is 307 g/mol. The molecule has 1 amide bonds. The Kier molecular flexibility index (Phi) is 5.13. The van der Waals surface area contributed by atoms with Gasteiger partial charge in [-0.2, -0.15) is 0 Å². The molecule has 0 bridgehead atoms. The van der Waals surface area contributed by atoms with E-state index in [-0.39, 0.29) is 11.9 Å². The molecule has 22 heavy (non-hydrogen) atoms. The largest absolute Gasteiger partial charge is 0.493 e. The Hall–Kier alpha value is -1.95. The molecule has 1 aliphatic rings. The number of carbonyl (C=O) groups is 1. The predicted octanol–water partition coefficient (Wildman–Crippen LogP) is 1.45. The molecule has 6 heteroatoms. The number of amides is 1. The molecule has 122 valence electrons. The highest BCUT2D eigenvalue weighted by atomic mass is 16.5. The monoisotopic (exact) mass is 307 g/mol. The fraction of sp³-hybridized carbons (Fsp3) is 0.562. The zero-order valence-corrected chi connectivity index (χ0v) is 13.8. The molecule has 0 saturated carbocycles. The number of benzene rings is 1. The number of carbonyl (C=O) groups excluding carboxylic acids is 1. The number of nitrogens with two attached hydrogens (primary N) is 1. The van der Waals surface area contributed by atoms with E-state index in [1.54, 1.807) is 31.3 Å². The molecule has 0 aromatic heterocycles. The number of hydrogen-bond donors (Lipinski definition) is 1. The number of likely N-dealkylation sites (tertiary alicyclic amines) is 1. The van der Waals surface area contributed by atoms with Gasteiger partial charge in [0.2, 0.25) is 0 Å². The number of rotatable bonds is 4.